The maximum Gasteiger partial charge on any atom is 0.407 e. The van der Waals surface area contributed by atoms with Gasteiger partial charge < -0.3 is 10.4 Å². The summed E-state index contributed by atoms with van der Waals surface area (Å²) in [6.45, 7) is -0.145. The number of hydrogen-bond acceptors (Lipinski definition) is 3. The largest absolute Gasteiger partial charge is 0.465 e. The Morgan fingerprint density at radius 2 is 2.37 bits per heavy atom. The molecule has 5 nitrogen and oxygen atoms in total. The summed E-state index contributed by atoms with van der Waals surface area (Å²) in [7, 11) is 0. The molecule has 2 heterocycles. The molecule has 1 amide bonds. The molecule has 0 aromatic carbocycles. The summed E-state index contributed by atoms with van der Waals surface area (Å²) >= 11 is 8.37. The number of alkyl halides is 1. The molecule has 2 N–H and O–H groups in total. The quantitative estimate of drug-likeness (QED) is 0.636. The summed E-state index contributed by atoms with van der Waals surface area (Å²) in [6, 6.07) is 4.57. The molecule has 0 saturated carbocycles. The van der Waals surface area contributed by atoms with Crippen molar-refractivity contribution in [2.24, 2.45) is 0 Å². The van der Waals surface area contributed by atoms with Gasteiger partial charge in [0.1, 0.15) is 21.6 Å². The average Bonchev–Trinajstić information content (AvgIpc) is 2.71. The van der Waals surface area contributed by atoms with Gasteiger partial charge in [0, 0.05) is 6.42 Å². The van der Waals surface area contributed by atoms with Gasteiger partial charge >= 0.3 is 6.09 Å². The van der Waals surface area contributed by atoms with Gasteiger partial charge in [-0.05, 0) is 28.1 Å². The SMILES string of the molecule is O=C(O)N1CC(F)CC1C(=S)Nc1cccc(Br)n1. The van der Waals surface area contributed by atoms with E-state index in [-0.39, 0.29) is 18.0 Å². The predicted molar refractivity (Wildman–Crippen MR) is 76.2 cm³/mol. The number of carbonyl (C=O) groups is 1. The van der Waals surface area contributed by atoms with E-state index in [4.69, 9.17) is 17.3 Å². The third-order valence-corrected chi connectivity index (χ3v) is 3.58. The zero-order valence-corrected chi connectivity index (χ0v) is 12.1. The number of likely N-dealkylation sites (tertiary alicyclic amines) is 1. The Bertz CT molecular complexity index is 516. The predicted octanol–water partition coefficient (Wildman–Crippen LogP) is 2.67. The fourth-order valence-electron chi connectivity index (χ4n) is 1.93. The molecule has 2 rings (SSSR count). The second-order valence-electron chi connectivity index (χ2n) is 4.12. The Morgan fingerprint density at radius 1 is 1.63 bits per heavy atom. The lowest BCUT2D eigenvalue weighted by Gasteiger charge is -2.22. The molecular weight excluding hydrogens is 337 g/mol. The zero-order chi connectivity index (χ0) is 14.0. The molecule has 1 saturated heterocycles. The molecule has 0 bridgehead atoms. The van der Waals surface area contributed by atoms with Crippen molar-refractivity contribution in [3.8, 4) is 0 Å². The summed E-state index contributed by atoms with van der Waals surface area (Å²) in [5.74, 6) is 0.493. The number of anilines is 1. The number of thiocarbonyl (C=S) groups is 1. The standard InChI is InChI=1S/C11H11BrFN3O2S/c12-8-2-1-3-9(14-8)15-10(19)7-4-6(13)5-16(7)11(17)18/h1-3,6-7H,4-5H2,(H,17,18)(H,14,15,19). The fraction of sp³-hybridized carbons (Fsp3) is 0.364. The van der Waals surface area contributed by atoms with Crippen molar-refractivity contribution in [1.29, 1.82) is 0 Å². The van der Waals surface area contributed by atoms with Crippen LogP contribution in [0.2, 0.25) is 0 Å². The summed E-state index contributed by atoms with van der Waals surface area (Å²) in [6.07, 6.45) is -2.28. The second-order valence-corrected chi connectivity index (χ2v) is 5.37. The van der Waals surface area contributed by atoms with Gasteiger partial charge in [0.05, 0.1) is 12.6 Å². The molecule has 1 fully saturated rings. The number of rotatable bonds is 2. The highest BCUT2D eigenvalue weighted by molar-refractivity contribution is 9.10. The smallest absolute Gasteiger partial charge is 0.407 e. The highest BCUT2D eigenvalue weighted by Gasteiger charge is 2.38. The minimum Gasteiger partial charge on any atom is -0.465 e. The number of nitrogens with one attached hydrogen (secondary N) is 1. The molecule has 8 heteroatoms. The van der Waals surface area contributed by atoms with E-state index in [1.165, 1.54) is 0 Å². The van der Waals surface area contributed by atoms with E-state index in [1.807, 2.05) is 0 Å². The summed E-state index contributed by atoms with van der Waals surface area (Å²) in [5, 5.41) is 11.9. The van der Waals surface area contributed by atoms with Crippen molar-refractivity contribution in [1.82, 2.24) is 9.88 Å². The van der Waals surface area contributed by atoms with Crippen LogP contribution in [-0.4, -0.2) is 44.8 Å². The van der Waals surface area contributed by atoms with Gasteiger partial charge in [-0.2, -0.15) is 0 Å². The fourth-order valence-corrected chi connectivity index (χ4v) is 2.60. The molecule has 0 spiro atoms. The van der Waals surface area contributed by atoms with Crippen molar-refractivity contribution in [2.45, 2.75) is 18.6 Å². The number of amides is 1. The lowest BCUT2D eigenvalue weighted by Crippen LogP contribution is -2.41. The van der Waals surface area contributed by atoms with Crippen LogP contribution in [0.15, 0.2) is 22.8 Å². The third kappa shape index (κ3) is 3.38. The van der Waals surface area contributed by atoms with Crippen LogP contribution in [0.1, 0.15) is 6.42 Å². The van der Waals surface area contributed by atoms with Crippen LogP contribution < -0.4 is 5.32 Å². The Kier molecular flexibility index (Phi) is 4.31. The first-order chi connectivity index (χ1) is 8.97. The monoisotopic (exact) mass is 347 g/mol. The number of pyridine rings is 1. The van der Waals surface area contributed by atoms with E-state index >= 15 is 0 Å². The van der Waals surface area contributed by atoms with Crippen molar-refractivity contribution >= 4 is 45.0 Å². The summed E-state index contributed by atoms with van der Waals surface area (Å²) < 4.78 is 14.0. The van der Waals surface area contributed by atoms with E-state index < -0.39 is 18.3 Å². The molecule has 0 aliphatic carbocycles. The van der Waals surface area contributed by atoms with E-state index in [9.17, 15) is 9.18 Å². The number of halogens is 2. The molecule has 1 aromatic rings. The first-order valence-electron chi connectivity index (χ1n) is 5.54. The molecule has 0 radical (unpaired) electrons. The minimum absolute atomic E-state index is 0.0755. The lowest BCUT2D eigenvalue weighted by molar-refractivity contribution is 0.147. The molecule has 1 aromatic heterocycles. The topological polar surface area (TPSA) is 65.5 Å². The van der Waals surface area contributed by atoms with Crippen molar-refractivity contribution in [2.75, 3.05) is 11.9 Å². The molecule has 1 aliphatic rings. The summed E-state index contributed by atoms with van der Waals surface area (Å²) in [5.41, 5.74) is 0. The molecule has 2 unspecified atom stereocenters. The van der Waals surface area contributed by atoms with Gasteiger partial charge in [0.15, 0.2) is 0 Å². The number of aromatic nitrogens is 1. The molecule has 19 heavy (non-hydrogen) atoms. The van der Waals surface area contributed by atoms with Crippen LogP contribution in [0.4, 0.5) is 15.0 Å². The normalized spacial score (nSPS) is 22.3. The first kappa shape index (κ1) is 14.1. The Labute approximate surface area is 122 Å². The number of carboxylic acid groups (broad SMARTS) is 1. The molecule has 102 valence electrons. The van der Waals surface area contributed by atoms with Gasteiger partial charge in [0.2, 0.25) is 0 Å². The van der Waals surface area contributed by atoms with Gasteiger partial charge in [-0.1, -0.05) is 18.3 Å². The number of hydrogen-bond donors (Lipinski definition) is 2. The van der Waals surface area contributed by atoms with Gasteiger partial charge in [0.25, 0.3) is 0 Å². The molecular formula is C11H11BrFN3O2S. The highest BCUT2D eigenvalue weighted by atomic mass is 79.9. The zero-order valence-electron chi connectivity index (χ0n) is 9.72. The van der Waals surface area contributed by atoms with Crippen molar-refractivity contribution < 1.29 is 14.3 Å². The third-order valence-electron chi connectivity index (χ3n) is 2.76. The minimum atomic E-state index is -1.18. The van der Waals surface area contributed by atoms with Crippen LogP contribution in [0, 0.1) is 0 Å². The van der Waals surface area contributed by atoms with Gasteiger partial charge in [-0.3, -0.25) is 4.90 Å². The highest BCUT2D eigenvalue weighted by Crippen LogP contribution is 2.22. The Balaban J connectivity index is 2.09. The Morgan fingerprint density at radius 3 is 3.00 bits per heavy atom. The maximum absolute atomic E-state index is 13.3. The van der Waals surface area contributed by atoms with Gasteiger partial charge in [-0.25, -0.2) is 14.2 Å². The van der Waals surface area contributed by atoms with E-state index in [0.29, 0.717) is 10.4 Å². The Hall–Kier alpha value is -1.28. The van der Waals surface area contributed by atoms with Crippen LogP contribution >= 0.6 is 28.1 Å². The van der Waals surface area contributed by atoms with E-state index in [1.54, 1.807) is 18.2 Å². The van der Waals surface area contributed by atoms with Crippen molar-refractivity contribution in [3.63, 3.8) is 0 Å². The molecule has 1 aliphatic heterocycles. The average molecular weight is 348 g/mol. The number of nitrogens with zero attached hydrogens (tertiary/aromatic N) is 2. The van der Waals surface area contributed by atoms with Crippen molar-refractivity contribution in [3.05, 3.63) is 22.8 Å². The second kappa shape index (κ2) is 5.79. The van der Waals surface area contributed by atoms with Crippen LogP contribution in [0.3, 0.4) is 0 Å². The summed E-state index contributed by atoms with van der Waals surface area (Å²) in [4.78, 5) is 16.4. The first-order valence-corrected chi connectivity index (χ1v) is 6.74. The van der Waals surface area contributed by atoms with Crippen LogP contribution in [0.5, 0.6) is 0 Å². The van der Waals surface area contributed by atoms with E-state index in [2.05, 4.69) is 26.2 Å². The van der Waals surface area contributed by atoms with Crippen LogP contribution in [0.25, 0.3) is 0 Å². The molecule has 2 atom stereocenters. The van der Waals surface area contributed by atoms with E-state index in [0.717, 1.165) is 4.90 Å². The lowest BCUT2D eigenvalue weighted by atomic mass is 10.2. The maximum atomic E-state index is 13.3. The van der Waals surface area contributed by atoms with Crippen LogP contribution in [-0.2, 0) is 0 Å². The van der Waals surface area contributed by atoms with Gasteiger partial charge in [-0.15, -0.1) is 0 Å².